The van der Waals surface area contributed by atoms with E-state index in [0.717, 1.165) is 12.8 Å². The van der Waals surface area contributed by atoms with E-state index < -0.39 is 0 Å². The first-order chi connectivity index (χ1) is 7.57. The normalized spacial score (nSPS) is 15.3. The van der Waals surface area contributed by atoms with Crippen molar-refractivity contribution in [2.45, 2.75) is 90.4 Å². The molecule has 18 heavy (non-hydrogen) atoms. The van der Waals surface area contributed by atoms with Crippen LogP contribution in [0.15, 0.2) is 0 Å². The highest BCUT2D eigenvalue weighted by atomic mass is 15.2. The molecule has 0 aliphatic rings. The van der Waals surface area contributed by atoms with Gasteiger partial charge in [-0.25, -0.2) is 0 Å². The van der Waals surface area contributed by atoms with Gasteiger partial charge in [0.05, 0.1) is 0 Å². The molecule has 3 nitrogen and oxygen atoms in total. The molecular weight excluding hydrogens is 222 g/mol. The summed E-state index contributed by atoms with van der Waals surface area (Å²) in [5, 5.41) is 0. The molecule has 0 fully saturated rings. The van der Waals surface area contributed by atoms with Gasteiger partial charge in [0.2, 0.25) is 0 Å². The molecule has 0 heterocycles. The summed E-state index contributed by atoms with van der Waals surface area (Å²) in [6, 6.07) is 0. The molecule has 0 aromatic rings. The van der Waals surface area contributed by atoms with Crippen molar-refractivity contribution in [2.24, 2.45) is 11.5 Å². The molecule has 0 unspecified atom stereocenters. The predicted octanol–water partition coefficient (Wildman–Crippen LogP) is 2.73. The van der Waals surface area contributed by atoms with Gasteiger partial charge in [-0.2, -0.15) is 0 Å². The zero-order valence-electron chi connectivity index (χ0n) is 14.0. The van der Waals surface area contributed by atoms with Crippen molar-refractivity contribution in [3.8, 4) is 0 Å². The van der Waals surface area contributed by atoms with Crippen molar-refractivity contribution in [3.63, 3.8) is 0 Å². The van der Waals surface area contributed by atoms with E-state index in [1.54, 1.807) is 0 Å². The summed E-state index contributed by atoms with van der Waals surface area (Å²) in [6.45, 7) is 17.4. The highest BCUT2D eigenvalue weighted by molar-refractivity contribution is 4.97. The fourth-order valence-corrected chi connectivity index (χ4v) is 3.29. The van der Waals surface area contributed by atoms with Crippen LogP contribution in [0.2, 0.25) is 0 Å². The van der Waals surface area contributed by atoms with Crippen LogP contribution in [0.1, 0.15) is 68.2 Å². The molecule has 0 aromatic heterocycles. The lowest BCUT2D eigenvalue weighted by Gasteiger charge is -2.50. The van der Waals surface area contributed by atoms with E-state index in [9.17, 15) is 0 Å². The quantitative estimate of drug-likeness (QED) is 0.769. The van der Waals surface area contributed by atoms with Gasteiger partial charge in [-0.1, -0.05) is 0 Å². The SMILES string of the molecule is CN(C(C)(C)CC(C)(C)N)C(C)(C)CC(C)(C)N. The molecule has 0 aliphatic carbocycles. The van der Waals surface area contributed by atoms with Gasteiger partial charge in [0, 0.05) is 22.2 Å². The maximum absolute atomic E-state index is 6.18. The molecule has 110 valence electrons. The summed E-state index contributed by atoms with van der Waals surface area (Å²) in [5.41, 5.74) is 12.1. The zero-order valence-corrected chi connectivity index (χ0v) is 14.0. The summed E-state index contributed by atoms with van der Waals surface area (Å²) in [6.07, 6.45) is 1.90. The summed E-state index contributed by atoms with van der Waals surface area (Å²) >= 11 is 0. The first-order valence-electron chi connectivity index (χ1n) is 6.89. The monoisotopic (exact) mass is 257 g/mol. The van der Waals surface area contributed by atoms with E-state index in [2.05, 4.69) is 67.3 Å². The Labute approximate surface area is 114 Å². The minimum atomic E-state index is -0.161. The molecule has 0 spiro atoms. The van der Waals surface area contributed by atoms with Crippen molar-refractivity contribution >= 4 is 0 Å². The van der Waals surface area contributed by atoms with Gasteiger partial charge in [-0.05, 0) is 75.3 Å². The van der Waals surface area contributed by atoms with Gasteiger partial charge in [-0.15, -0.1) is 0 Å². The van der Waals surface area contributed by atoms with E-state index in [1.165, 1.54) is 0 Å². The van der Waals surface area contributed by atoms with Crippen LogP contribution >= 0.6 is 0 Å². The molecule has 3 heteroatoms. The topological polar surface area (TPSA) is 55.3 Å². The molecule has 0 atom stereocenters. The molecule has 0 rings (SSSR count). The second-order valence-corrected chi connectivity index (χ2v) is 8.51. The second-order valence-electron chi connectivity index (χ2n) is 8.51. The molecule has 0 amide bonds. The molecule has 0 saturated heterocycles. The van der Waals surface area contributed by atoms with Gasteiger partial charge >= 0.3 is 0 Å². The number of rotatable bonds is 6. The predicted molar refractivity (Wildman–Crippen MR) is 81.7 cm³/mol. The van der Waals surface area contributed by atoms with Gasteiger partial charge in [0.1, 0.15) is 0 Å². The average molecular weight is 257 g/mol. The van der Waals surface area contributed by atoms with Crippen molar-refractivity contribution in [3.05, 3.63) is 0 Å². The third kappa shape index (κ3) is 6.17. The van der Waals surface area contributed by atoms with E-state index in [4.69, 9.17) is 11.5 Å². The maximum atomic E-state index is 6.18. The third-order valence-corrected chi connectivity index (χ3v) is 3.59. The van der Waals surface area contributed by atoms with E-state index in [-0.39, 0.29) is 22.2 Å². The van der Waals surface area contributed by atoms with Gasteiger partial charge < -0.3 is 11.5 Å². The summed E-state index contributed by atoms with van der Waals surface area (Å²) in [5.74, 6) is 0. The van der Waals surface area contributed by atoms with Gasteiger partial charge in [0.15, 0.2) is 0 Å². The molecule has 0 bridgehead atoms. The largest absolute Gasteiger partial charge is 0.325 e. The van der Waals surface area contributed by atoms with Crippen LogP contribution in [0.25, 0.3) is 0 Å². The molecule has 0 aromatic carbocycles. The standard InChI is InChI=1S/C15H35N3/c1-12(2,16)10-14(5,6)18(9)15(7,8)11-13(3,4)17/h10-11,16-17H2,1-9H3. The Bertz CT molecular complexity index is 238. The fraction of sp³-hybridized carbons (Fsp3) is 1.00. The Morgan fingerprint density at radius 3 is 1.06 bits per heavy atom. The highest BCUT2D eigenvalue weighted by Crippen LogP contribution is 2.33. The van der Waals surface area contributed by atoms with Crippen molar-refractivity contribution in [1.82, 2.24) is 4.90 Å². The summed E-state index contributed by atoms with van der Waals surface area (Å²) in [7, 11) is 2.18. The summed E-state index contributed by atoms with van der Waals surface area (Å²) in [4.78, 5) is 2.42. The Kier molecular flexibility index (Phi) is 5.07. The lowest BCUT2D eigenvalue weighted by atomic mass is 9.80. The van der Waals surface area contributed by atoms with Gasteiger partial charge in [-0.3, -0.25) is 4.90 Å². The fourth-order valence-electron chi connectivity index (χ4n) is 3.29. The number of nitrogens with two attached hydrogens (primary N) is 2. The van der Waals surface area contributed by atoms with Gasteiger partial charge in [0.25, 0.3) is 0 Å². The summed E-state index contributed by atoms with van der Waals surface area (Å²) < 4.78 is 0. The molecule has 4 N–H and O–H groups in total. The molecule has 0 saturated carbocycles. The zero-order chi connectivity index (χ0) is 15.0. The van der Waals surface area contributed by atoms with Crippen LogP contribution in [0, 0.1) is 0 Å². The maximum Gasteiger partial charge on any atom is 0.0172 e. The van der Waals surface area contributed by atoms with Crippen LogP contribution in [0.3, 0.4) is 0 Å². The van der Waals surface area contributed by atoms with Crippen LogP contribution in [-0.2, 0) is 0 Å². The Hall–Kier alpha value is -0.120. The number of hydrogen-bond acceptors (Lipinski definition) is 3. The Morgan fingerprint density at radius 1 is 0.667 bits per heavy atom. The van der Waals surface area contributed by atoms with Crippen LogP contribution in [0.4, 0.5) is 0 Å². The van der Waals surface area contributed by atoms with Crippen molar-refractivity contribution in [2.75, 3.05) is 7.05 Å². The van der Waals surface area contributed by atoms with E-state index >= 15 is 0 Å². The lowest BCUT2D eigenvalue weighted by Crippen LogP contribution is -2.59. The highest BCUT2D eigenvalue weighted by Gasteiger charge is 2.39. The smallest absolute Gasteiger partial charge is 0.0172 e. The van der Waals surface area contributed by atoms with Crippen LogP contribution in [-0.4, -0.2) is 34.1 Å². The minimum absolute atomic E-state index is 0.0486. The Balaban J connectivity index is 4.96. The van der Waals surface area contributed by atoms with Crippen molar-refractivity contribution in [1.29, 1.82) is 0 Å². The van der Waals surface area contributed by atoms with Crippen LogP contribution in [0.5, 0.6) is 0 Å². The first-order valence-corrected chi connectivity index (χ1v) is 6.89. The molecular formula is C15H35N3. The lowest BCUT2D eigenvalue weighted by molar-refractivity contribution is 0.0126. The minimum Gasteiger partial charge on any atom is -0.325 e. The Morgan fingerprint density at radius 2 is 0.889 bits per heavy atom. The number of hydrogen-bond donors (Lipinski definition) is 2. The molecule has 0 aliphatic heterocycles. The average Bonchev–Trinajstić information content (AvgIpc) is 1.92. The second kappa shape index (κ2) is 5.10. The first kappa shape index (κ1) is 17.9. The third-order valence-electron chi connectivity index (χ3n) is 3.59. The number of nitrogens with zero attached hydrogens (tertiary/aromatic N) is 1. The van der Waals surface area contributed by atoms with Crippen molar-refractivity contribution < 1.29 is 0 Å². The van der Waals surface area contributed by atoms with E-state index in [1.807, 2.05) is 0 Å². The van der Waals surface area contributed by atoms with E-state index in [0.29, 0.717) is 0 Å². The molecule has 0 radical (unpaired) electrons. The van der Waals surface area contributed by atoms with Crippen LogP contribution < -0.4 is 11.5 Å².